The molecule has 408 valence electrons. The smallest absolute Gasteiger partial charge is 0.333 e. The molecule has 4 N–H and O–H groups in total. The SMILES string of the molecule is C=C1C(=O)N[C@@H](C)C(=O)N(C)[C@@H](C)C(=O)N[C@@H]([C@H](OC(=O)[C@@H](NC(=O)CC)[C@H](OC(C)(C)C)C(C)C)C(C)C)C(=O)N(C)[C@@H]([C@@H](C)OC)C(=O)O[C@H](C)[C@H](NC(C)=O)C(=O)O[C@H](Cc2ccccc2)C(=O)N1C. The Balaban J connectivity index is 2.94. The lowest BCUT2D eigenvalue weighted by Crippen LogP contribution is -2.64. The van der Waals surface area contributed by atoms with Crippen molar-refractivity contribution in [3.63, 3.8) is 0 Å². The van der Waals surface area contributed by atoms with Gasteiger partial charge >= 0.3 is 17.9 Å². The van der Waals surface area contributed by atoms with Crippen molar-refractivity contribution in [3.8, 4) is 0 Å². The number of cyclic esters (lactones) is 2. The minimum absolute atomic E-state index is 0.00705. The largest absolute Gasteiger partial charge is 0.458 e. The van der Waals surface area contributed by atoms with Crippen LogP contribution in [-0.2, 0) is 78.1 Å². The molecular weight excluding hydrogens is 951 g/mol. The summed E-state index contributed by atoms with van der Waals surface area (Å²) in [6.45, 7) is 23.9. The van der Waals surface area contributed by atoms with Gasteiger partial charge in [0.05, 0.1) is 17.8 Å². The third-order valence-electron chi connectivity index (χ3n) is 12.2. The van der Waals surface area contributed by atoms with Gasteiger partial charge in [-0.3, -0.25) is 33.6 Å². The summed E-state index contributed by atoms with van der Waals surface area (Å²) in [5, 5.41) is 10.2. The zero-order valence-electron chi connectivity index (χ0n) is 45.5. The van der Waals surface area contributed by atoms with Gasteiger partial charge in [0.15, 0.2) is 24.2 Å². The monoisotopic (exact) mass is 1030 g/mol. The predicted molar refractivity (Wildman–Crippen MR) is 266 cm³/mol. The number of rotatable bonds is 14. The van der Waals surface area contributed by atoms with Crippen LogP contribution in [0.1, 0.15) is 102 Å². The first kappa shape index (κ1) is 62.7. The van der Waals surface area contributed by atoms with E-state index in [-0.39, 0.29) is 18.8 Å². The van der Waals surface area contributed by atoms with E-state index in [0.29, 0.717) is 5.56 Å². The molecule has 7 amide bonds. The lowest BCUT2D eigenvalue weighted by molar-refractivity contribution is -0.175. The molecule has 1 aliphatic rings. The van der Waals surface area contributed by atoms with Gasteiger partial charge in [0.25, 0.3) is 11.8 Å². The number of likely N-dealkylation sites (N-methyl/N-ethyl adjacent to an activating group) is 3. The first-order chi connectivity index (χ1) is 33.8. The number of nitrogens with zero attached hydrogens (tertiary/aromatic N) is 3. The number of esters is 3. The van der Waals surface area contributed by atoms with Crippen molar-refractivity contribution >= 4 is 59.3 Å². The van der Waals surface area contributed by atoms with E-state index in [9.17, 15) is 43.2 Å². The van der Waals surface area contributed by atoms with Crippen molar-refractivity contribution in [2.24, 2.45) is 11.8 Å². The molecule has 0 radical (unpaired) electrons. The number of hydrogen-bond donors (Lipinski definition) is 4. The second kappa shape index (κ2) is 27.6. The van der Waals surface area contributed by atoms with Gasteiger partial charge in [-0.1, -0.05) is 71.5 Å². The average Bonchev–Trinajstić information content (AvgIpc) is 3.32. The summed E-state index contributed by atoms with van der Waals surface area (Å²) >= 11 is 0. The van der Waals surface area contributed by atoms with Crippen molar-refractivity contribution in [2.45, 2.75) is 175 Å². The summed E-state index contributed by atoms with van der Waals surface area (Å²) in [5.41, 5.74) is -0.736. The topological polar surface area (TPSA) is 275 Å². The van der Waals surface area contributed by atoms with E-state index in [1.54, 1.807) is 85.7 Å². The maximum Gasteiger partial charge on any atom is 0.333 e. The molecule has 11 atom stereocenters. The summed E-state index contributed by atoms with van der Waals surface area (Å²) in [5.74, 6) is -10.5. The molecule has 1 heterocycles. The van der Waals surface area contributed by atoms with Gasteiger partial charge in [0.1, 0.15) is 36.0 Å². The lowest BCUT2D eigenvalue weighted by atomic mass is 9.95. The molecule has 0 aromatic heterocycles. The minimum atomic E-state index is -1.83. The molecule has 0 saturated carbocycles. The molecule has 1 fully saturated rings. The van der Waals surface area contributed by atoms with E-state index >= 15 is 4.79 Å². The predicted octanol–water partition coefficient (Wildman–Crippen LogP) is 1.56. The van der Waals surface area contributed by atoms with Crippen LogP contribution < -0.4 is 21.3 Å². The number of ether oxygens (including phenoxy) is 5. The van der Waals surface area contributed by atoms with Crippen LogP contribution in [0.2, 0.25) is 0 Å². The van der Waals surface area contributed by atoms with Crippen molar-refractivity contribution in [3.05, 3.63) is 48.2 Å². The molecule has 1 aliphatic heterocycles. The molecule has 1 saturated heterocycles. The molecule has 0 spiro atoms. The van der Waals surface area contributed by atoms with Gasteiger partial charge in [-0.25, -0.2) is 14.4 Å². The van der Waals surface area contributed by atoms with Gasteiger partial charge in [-0.05, 0) is 65.9 Å². The Bertz CT molecular complexity index is 2160. The van der Waals surface area contributed by atoms with Crippen molar-refractivity contribution in [1.82, 2.24) is 36.0 Å². The molecule has 2 rings (SSSR count). The molecule has 22 nitrogen and oxygen atoms in total. The summed E-state index contributed by atoms with van der Waals surface area (Å²) < 4.78 is 29.6. The van der Waals surface area contributed by atoms with Gasteiger partial charge in [0, 0.05) is 48.0 Å². The second-order valence-electron chi connectivity index (χ2n) is 19.9. The summed E-state index contributed by atoms with van der Waals surface area (Å²) in [7, 11) is 4.92. The summed E-state index contributed by atoms with van der Waals surface area (Å²) in [6, 6.07) is -1.00. The quantitative estimate of drug-likeness (QED) is 0.117. The molecule has 0 aliphatic carbocycles. The van der Waals surface area contributed by atoms with Crippen LogP contribution in [0.4, 0.5) is 0 Å². The van der Waals surface area contributed by atoms with Crippen LogP contribution in [0.3, 0.4) is 0 Å². The Morgan fingerprint density at radius 1 is 0.822 bits per heavy atom. The standard InChI is InChI=1S/C51H79N7O15/c1-19-36(60)54-39(42(27(4)5)73-51(12,13)14)49(67)72-41(26(2)3)38-47(65)58(17)40(32(10)69-18)50(68)70-31(9)37(53-33(11)59)48(66)71-35(25-34-23-21-20-22-24-34)46(64)57(16)29(7)43(61)52-28(6)45(63)56(15)30(8)44(62)55-38/h20-24,26-28,30-32,35,37-42H,7,19,25H2,1-6,8-18H3,(H,52,61)(H,53,59)(H,54,60)(H,55,62)/t28-,30-,31+,32+,35+,37-,38-,39-,40-,41+,42+/m0/s1. The number of benzene rings is 1. The molecule has 22 heteroatoms. The molecular formula is C51H79N7O15. The van der Waals surface area contributed by atoms with Crippen LogP contribution >= 0.6 is 0 Å². The van der Waals surface area contributed by atoms with Crippen molar-refractivity contribution < 1.29 is 71.6 Å². The molecule has 1 aromatic rings. The Morgan fingerprint density at radius 2 is 1.41 bits per heavy atom. The van der Waals surface area contributed by atoms with E-state index in [1.807, 2.05) is 0 Å². The number of hydrogen-bond acceptors (Lipinski definition) is 15. The fourth-order valence-corrected chi connectivity index (χ4v) is 7.70. The van der Waals surface area contributed by atoms with Crippen molar-refractivity contribution in [1.29, 1.82) is 0 Å². The lowest BCUT2D eigenvalue weighted by Gasteiger charge is -2.39. The number of carbonyl (C=O) groups is 10. The summed E-state index contributed by atoms with van der Waals surface area (Å²) in [4.78, 5) is 143. The second-order valence-corrected chi connectivity index (χ2v) is 19.9. The van der Waals surface area contributed by atoms with Gasteiger partial charge in [0.2, 0.25) is 29.5 Å². The van der Waals surface area contributed by atoms with Crippen molar-refractivity contribution in [2.75, 3.05) is 28.3 Å². The number of nitrogens with one attached hydrogen (secondary N) is 4. The molecule has 0 bridgehead atoms. The minimum Gasteiger partial charge on any atom is -0.458 e. The Kier molecular flexibility index (Phi) is 23.7. The zero-order chi connectivity index (χ0) is 56.0. The Labute approximate surface area is 429 Å². The normalized spacial score (nSPS) is 24.5. The average molecular weight is 1030 g/mol. The van der Waals surface area contributed by atoms with E-state index in [4.69, 9.17) is 23.7 Å². The van der Waals surface area contributed by atoms with E-state index < -0.39 is 143 Å². The third-order valence-corrected chi connectivity index (χ3v) is 12.2. The van der Waals surface area contributed by atoms with Crippen LogP contribution in [0.15, 0.2) is 42.6 Å². The van der Waals surface area contributed by atoms with E-state index in [1.165, 1.54) is 55.9 Å². The molecule has 0 unspecified atom stereocenters. The molecule has 73 heavy (non-hydrogen) atoms. The zero-order valence-corrected chi connectivity index (χ0v) is 45.5. The van der Waals surface area contributed by atoms with Crippen LogP contribution in [0, 0.1) is 11.8 Å². The van der Waals surface area contributed by atoms with Gasteiger partial charge in [-0.2, -0.15) is 0 Å². The fourth-order valence-electron chi connectivity index (χ4n) is 7.70. The maximum atomic E-state index is 15.2. The fraction of sp³-hybridized carbons (Fsp3) is 0.647. The van der Waals surface area contributed by atoms with Gasteiger partial charge in [-0.15, -0.1) is 0 Å². The first-order valence-corrected chi connectivity index (χ1v) is 24.3. The molecule has 1 aromatic carbocycles. The number of amides is 7. The highest BCUT2D eigenvalue weighted by Gasteiger charge is 2.46. The number of carbonyl (C=O) groups excluding carboxylic acids is 10. The summed E-state index contributed by atoms with van der Waals surface area (Å²) in [6.07, 6.45) is -7.12. The highest BCUT2D eigenvalue weighted by atomic mass is 16.6. The maximum absolute atomic E-state index is 15.2. The van der Waals surface area contributed by atoms with E-state index in [2.05, 4.69) is 27.8 Å². The third kappa shape index (κ3) is 17.6. The van der Waals surface area contributed by atoms with Crippen LogP contribution in [0.25, 0.3) is 0 Å². The Hall–Kier alpha value is -6.42. The highest BCUT2D eigenvalue weighted by molar-refractivity contribution is 6.01. The first-order valence-electron chi connectivity index (χ1n) is 24.3. The van der Waals surface area contributed by atoms with Crippen LogP contribution in [0.5, 0.6) is 0 Å². The Morgan fingerprint density at radius 3 is 1.92 bits per heavy atom. The van der Waals surface area contributed by atoms with Crippen LogP contribution in [-0.4, -0.2) is 175 Å². The number of methoxy groups -OCH3 is 1. The van der Waals surface area contributed by atoms with E-state index in [0.717, 1.165) is 21.6 Å². The van der Waals surface area contributed by atoms with Gasteiger partial charge < -0.3 is 59.7 Å². The highest BCUT2D eigenvalue weighted by Crippen LogP contribution is 2.25.